The van der Waals surface area contributed by atoms with Crippen molar-refractivity contribution in [2.45, 2.75) is 33.5 Å². The molecule has 0 rings (SSSR count). The third-order valence-electron chi connectivity index (χ3n) is 1.82. The number of aliphatic hydroxyl groups is 1. The third kappa shape index (κ3) is 13.1. The molecule has 2 N–H and O–H groups in total. The van der Waals surface area contributed by atoms with E-state index in [2.05, 4.69) is 6.58 Å². The molecule has 6 heteroatoms. The Morgan fingerprint density at radius 3 is 2.28 bits per heavy atom. The van der Waals surface area contributed by atoms with Crippen LogP contribution in [0.25, 0.3) is 0 Å². The molecule has 0 aliphatic heterocycles. The fourth-order valence-corrected chi connectivity index (χ4v) is 0.589. The predicted octanol–water partition coefficient (Wildman–Crippen LogP) is 1.59. The standard InChI is InChI=1S/C9H20O4.C3H4O2/c1-5-8(11-4)13-12-7-9(2,3)6-10;1-2-3(4)5/h8,10H,5-7H2,1-4H3;2H,1H2,(H,4,5). The van der Waals surface area contributed by atoms with Gasteiger partial charge in [-0.1, -0.05) is 27.4 Å². The number of aliphatic hydroxyl groups excluding tert-OH is 1. The fraction of sp³-hybridized carbons (Fsp3) is 0.750. The van der Waals surface area contributed by atoms with Crippen LogP contribution in [0.1, 0.15) is 27.2 Å². The second-order valence-corrected chi connectivity index (χ2v) is 4.30. The number of carbonyl (C=O) groups is 1. The fourth-order valence-electron chi connectivity index (χ4n) is 0.589. The highest BCUT2D eigenvalue weighted by Crippen LogP contribution is 2.14. The SMILES string of the molecule is C=CC(=O)O.CCC(OC)OOCC(C)(C)CO. The molecule has 0 radical (unpaired) electrons. The lowest BCUT2D eigenvalue weighted by molar-refractivity contribution is -0.383. The van der Waals surface area contributed by atoms with Crippen LogP contribution in [0.4, 0.5) is 0 Å². The van der Waals surface area contributed by atoms with Crippen LogP contribution in [0, 0.1) is 5.41 Å². The highest BCUT2D eigenvalue weighted by molar-refractivity contribution is 5.78. The molecule has 0 saturated heterocycles. The maximum absolute atomic E-state index is 9.25. The molecule has 0 fully saturated rings. The van der Waals surface area contributed by atoms with E-state index in [-0.39, 0.29) is 18.3 Å². The van der Waals surface area contributed by atoms with Crippen LogP contribution in [0.3, 0.4) is 0 Å². The molecule has 0 amide bonds. The molecule has 6 nitrogen and oxygen atoms in total. The lowest BCUT2D eigenvalue weighted by Crippen LogP contribution is -2.25. The Morgan fingerprint density at radius 1 is 1.50 bits per heavy atom. The number of carboxylic acid groups (broad SMARTS) is 1. The number of methoxy groups -OCH3 is 1. The highest BCUT2D eigenvalue weighted by atomic mass is 17.2. The molecule has 0 saturated carbocycles. The zero-order chi connectivity index (χ0) is 14.6. The van der Waals surface area contributed by atoms with E-state index in [1.54, 1.807) is 7.11 Å². The molecule has 0 aromatic rings. The van der Waals surface area contributed by atoms with Crippen LogP contribution in [-0.4, -0.2) is 42.8 Å². The Balaban J connectivity index is 0. The van der Waals surface area contributed by atoms with Gasteiger partial charge in [-0.05, 0) is 6.42 Å². The van der Waals surface area contributed by atoms with Crippen molar-refractivity contribution in [1.82, 2.24) is 0 Å². The molecule has 0 aliphatic carbocycles. The van der Waals surface area contributed by atoms with Gasteiger partial charge < -0.3 is 14.9 Å². The summed E-state index contributed by atoms with van der Waals surface area (Å²) in [5.41, 5.74) is -0.272. The first-order valence-electron chi connectivity index (χ1n) is 5.60. The molecule has 0 spiro atoms. The Kier molecular flexibility index (Phi) is 12.0. The van der Waals surface area contributed by atoms with Crippen molar-refractivity contribution in [2.75, 3.05) is 20.3 Å². The van der Waals surface area contributed by atoms with Gasteiger partial charge in [0.05, 0.1) is 13.2 Å². The maximum Gasteiger partial charge on any atom is 0.327 e. The van der Waals surface area contributed by atoms with Crippen LogP contribution >= 0.6 is 0 Å². The summed E-state index contributed by atoms with van der Waals surface area (Å²) in [5, 5.41) is 16.5. The van der Waals surface area contributed by atoms with Crippen LogP contribution in [0.5, 0.6) is 0 Å². The number of carboxylic acids is 1. The van der Waals surface area contributed by atoms with Gasteiger partial charge in [-0.25, -0.2) is 14.6 Å². The summed E-state index contributed by atoms with van der Waals surface area (Å²) in [6.07, 6.45) is 1.24. The largest absolute Gasteiger partial charge is 0.478 e. The van der Waals surface area contributed by atoms with E-state index in [9.17, 15) is 4.79 Å². The minimum atomic E-state index is -0.981. The smallest absolute Gasteiger partial charge is 0.327 e. The lowest BCUT2D eigenvalue weighted by atomic mass is 9.97. The maximum atomic E-state index is 9.25. The summed E-state index contributed by atoms with van der Waals surface area (Å²) in [5.74, 6) is -0.981. The molecule has 1 atom stereocenters. The van der Waals surface area contributed by atoms with Gasteiger partial charge in [0.15, 0.2) is 6.29 Å². The van der Waals surface area contributed by atoms with Crippen LogP contribution in [-0.2, 0) is 19.3 Å². The average Bonchev–Trinajstić information content (AvgIpc) is 2.35. The normalized spacial score (nSPS) is 12.3. The number of ether oxygens (including phenoxy) is 1. The van der Waals surface area contributed by atoms with Gasteiger partial charge in [0, 0.05) is 18.6 Å². The monoisotopic (exact) mass is 264 g/mol. The molecule has 0 heterocycles. The Bertz CT molecular complexity index is 223. The number of hydrogen-bond donors (Lipinski definition) is 2. The van der Waals surface area contributed by atoms with Gasteiger partial charge in [0.1, 0.15) is 0 Å². The van der Waals surface area contributed by atoms with Crippen molar-refractivity contribution in [3.8, 4) is 0 Å². The number of rotatable bonds is 8. The van der Waals surface area contributed by atoms with Gasteiger partial charge in [0.25, 0.3) is 0 Å². The average molecular weight is 264 g/mol. The first kappa shape index (κ1) is 19.4. The van der Waals surface area contributed by atoms with E-state index in [0.29, 0.717) is 6.61 Å². The third-order valence-corrected chi connectivity index (χ3v) is 1.82. The summed E-state index contributed by atoms with van der Waals surface area (Å²) in [7, 11) is 1.56. The van der Waals surface area contributed by atoms with Crippen LogP contribution in [0.15, 0.2) is 12.7 Å². The molecule has 108 valence electrons. The van der Waals surface area contributed by atoms with Gasteiger partial charge in [-0.15, -0.1) is 0 Å². The van der Waals surface area contributed by atoms with Gasteiger partial charge in [-0.3, -0.25) is 0 Å². The van der Waals surface area contributed by atoms with E-state index in [1.165, 1.54) is 0 Å². The molecular weight excluding hydrogens is 240 g/mol. The molecular formula is C12H24O6. The highest BCUT2D eigenvalue weighted by Gasteiger charge is 2.18. The number of aliphatic carboxylic acids is 1. The summed E-state index contributed by atoms with van der Waals surface area (Å²) < 4.78 is 4.94. The molecule has 0 aromatic heterocycles. The van der Waals surface area contributed by atoms with Crippen molar-refractivity contribution in [3.63, 3.8) is 0 Å². The first-order valence-corrected chi connectivity index (χ1v) is 5.60. The van der Waals surface area contributed by atoms with Crippen molar-refractivity contribution in [2.24, 2.45) is 5.41 Å². The zero-order valence-corrected chi connectivity index (χ0v) is 11.5. The van der Waals surface area contributed by atoms with Crippen LogP contribution in [0.2, 0.25) is 0 Å². The molecule has 18 heavy (non-hydrogen) atoms. The van der Waals surface area contributed by atoms with E-state index in [4.69, 9.17) is 24.7 Å². The summed E-state index contributed by atoms with van der Waals surface area (Å²) >= 11 is 0. The summed E-state index contributed by atoms with van der Waals surface area (Å²) in [4.78, 5) is 19.1. The van der Waals surface area contributed by atoms with E-state index in [1.807, 2.05) is 20.8 Å². The van der Waals surface area contributed by atoms with Gasteiger partial charge >= 0.3 is 5.97 Å². The van der Waals surface area contributed by atoms with E-state index >= 15 is 0 Å². The Morgan fingerprint density at radius 2 is 2.00 bits per heavy atom. The first-order chi connectivity index (χ1) is 8.32. The molecule has 0 aromatic carbocycles. The lowest BCUT2D eigenvalue weighted by Gasteiger charge is -2.21. The second-order valence-electron chi connectivity index (χ2n) is 4.30. The molecule has 0 aliphatic rings. The van der Waals surface area contributed by atoms with Gasteiger partial charge in [0.2, 0.25) is 0 Å². The second kappa shape index (κ2) is 11.2. The quantitative estimate of drug-likeness (QED) is 0.300. The minimum absolute atomic E-state index is 0.0696. The molecule has 0 bridgehead atoms. The van der Waals surface area contributed by atoms with Crippen LogP contribution < -0.4 is 0 Å². The zero-order valence-electron chi connectivity index (χ0n) is 11.5. The van der Waals surface area contributed by atoms with Crippen molar-refractivity contribution < 1.29 is 29.5 Å². The van der Waals surface area contributed by atoms with E-state index in [0.717, 1.165) is 12.5 Å². The Labute approximate surface area is 108 Å². The van der Waals surface area contributed by atoms with Crippen molar-refractivity contribution in [1.29, 1.82) is 0 Å². The topological polar surface area (TPSA) is 85.2 Å². The summed E-state index contributed by atoms with van der Waals surface area (Å²) in [6.45, 7) is 9.11. The summed E-state index contributed by atoms with van der Waals surface area (Å²) in [6, 6.07) is 0. The minimum Gasteiger partial charge on any atom is -0.478 e. The predicted molar refractivity (Wildman–Crippen MR) is 66.8 cm³/mol. The van der Waals surface area contributed by atoms with Gasteiger partial charge in [-0.2, -0.15) is 0 Å². The van der Waals surface area contributed by atoms with Crippen molar-refractivity contribution in [3.05, 3.63) is 12.7 Å². The van der Waals surface area contributed by atoms with Crippen molar-refractivity contribution >= 4 is 5.97 Å². The Hall–Kier alpha value is -0.950. The van der Waals surface area contributed by atoms with E-state index < -0.39 is 5.97 Å². The number of hydrogen-bond acceptors (Lipinski definition) is 5. The molecule has 1 unspecified atom stereocenters.